The van der Waals surface area contributed by atoms with Crippen LogP contribution in [0.25, 0.3) is 0 Å². The van der Waals surface area contributed by atoms with Gasteiger partial charge in [-0.05, 0) is 18.6 Å². The topological polar surface area (TPSA) is 53.4 Å². The Kier molecular flexibility index (Phi) is 4.38. The molecule has 0 aromatic carbocycles. The van der Waals surface area contributed by atoms with E-state index in [1.54, 1.807) is 0 Å². The number of aliphatic hydroxyl groups is 2. The minimum Gasteiger partial charge on any atom is -0.390 e. The van der Waals surface area contributed by atoms with Crippen LogP contribution in [0.2, 0.25) is 0 Å². The first-order valence-corrected chi connectivity index (χ1v) is 4.83. The molecule has 0 amide bonds. The van der Waals surface area contributed by atoms with Crippen LogP contribution in [0.15, 0.2) is 12.1 Å². The minimum atomic E-state index is -1.45. The summed E-state index contributed by atoms with van der Waals surface area (Å²) in [6.07, 6.45) is -2.53. The maximum atomic E-state index is 13.0. The lowest BCUT2D eigenvalue weighted by Gasteiger charge is -2.16. The number of hydrogen-bond donors (Lipinski definition) is 2. The zero-order chi connectivity index (χ0) is 11.4. The molecule has 6 heteroatoms. The van der Waals surface area contributed by atoms with Crippen molar-refractivity contribution < 1.29 is 19.0 Å². The lowest BCUT2D eigenvalue weighted by Crippen LogP contribution is -2.20. The molecule has 0 spiro atoms. The maximum Gasteiger partial charge on any atom is 0.221 e. The van der Waals surface area contributed by atoms with Gasteiger partial charge < -0.3 is 10.2 Å². The van der Waals surface area contributed by atoms with Crippen molar-refractivity contribution in [2.24, 2.45) is 0 Å². The zero-order valence-corrected chi connectivity index (χ0v) is 8.46. The van der Waals surface area contributed by atoms with Crippen molar-refractivity contribution in [1.82, 2.24) is 4.98 Å². The average molecular weight is 238 g/mol. The van der Waals surface area contributed by atoms with E-state index in [0.717, 1.165) is 12.1 Å². The smallest absolute Gasteiger partial charge is 0.221 e. The lowest BCUT2D eigenvalue weighted by molar-refractivity contribution is 0.0143. The Hall–Kier alpha value is -0.780. The van der Waals surface area contributed by atoms with Crippen molar-refractivity contribution in [3.63, 3.8) is 0 Å². The largest absolute Gasteiger partial charge is 0.390 e. The molecule has 2 atom stereocenters. The van der Waals surface area contributed by atoms with Crippen LogP contribution < -0.4 is 0 Å². The van der Waals surface area contributed by atoms with Gasteiger partial charge in [0.15, 0.2) is 0 Å². The number of aliphatic hydroxyl groups excluding tert-OH is 2. The molecular formula is C9H10ClF2NO2. The highest BCUT2D eigenvalue weighted by Gasteiger charge is 2.22. The number of pyridine rings is 1. The summed E-state index contributed by atoms with van der Waals surface area (Å²) < 4.78 is 25.5. The van der Waals surface area contributed by atoms with Gasteiger partial charge in [0.2, 0.25) is 11.9 Å². The van der Waals surface area contributed by atoms with Gasteiger partial charge >= 0.3 is 0 Å². The van der Waals surface area contributed by atoms with Gasteiger partial charge in [0, 0.05) is 11.4 Å². The second-order valence-electron chi connectivity index (χ2n) is 3.00. The van der Waals surface area contributed by atoms with Crippen LogP contribution in [0, 0.1) is 11.9 Å². The maximum absolute atomic E-state index is 13.0. The third-order valence-corrected chi connectivity index (χ3v) is 2.15. The Balaban J connectivity index is 2.86. The Bertz CT molecular complexity index is 338. The fraction of sp³-hybridized carbons (Fsp3) is 0.444. The van der Waals surface area contributed by atoms with E-state index in [0.29, 0.717) is 0 Å². The standard InChI is InChI=1S/C9H10ClF2NO2/c10-4-3-6(14)8(15)5-1-2-7(11)13-9(5)12/h1-2,6,8,14-15H,3-4H2. The summed E-state index contributed by atoms with van der Waals surface area (Å²) in [7, 11) is 0. The van der Waals surface area contributed by atoms with Crippen LogP contribution in [0.5, 0.6) is 0 Å². The van der Waals surface area contributed by atoms with E-state index in [-0.39, 0.29) is 17.9 Å². The number of alkyl halides is 1. The molecule has 1 aromatic heterocycles. The van der Waals surface area contributed by atoms with Crippen LogP contribution in [-0.4, -0.2) is 27.2 Å². The monoisotopic (exact) mass is 237 g/mol. The summed E-state index contributed by atoms with van der Waals surface area (Å²) in [6.45, 7) is 0. The van der Waals surface area contributed by atoms with Gasteiger partial charge in [0.25, 0.3) is 0 Å². The summed E-state index contributed by atoms with van der Waals surface area (Å²) >= 11 is 5.35. The molecule has 0 saturated heterocycles. The Morgan fingerprint density at radius 3 is 2.53 bits per heavy atom. The van der Waals surface area contributed by atoms with E-state index in [2.05, 4.69) is 4.98 Å². The molecule has 0 fully saturated rings. The van der Waals surface area contributed by atoms with Crippen molar-refractivity contribution in [3.8, 4) is 0 Å². The number of hydrogen-bond acceptors (Lipinski definition) is 3. The molecule has 0 saturated carbocycles. The molecule has 1 aromatic rings. The Morgan fingerprint density at radius 2 is 2.00 bits per heavy atom. The molecular weight excluding hydrogens is 228 g/mol. The van der Waals surface area contributed by atoms with Crippen LogP contribution in [0.3, 0.4) is 0 Å². The second-order valence-corrected chi connectivity index (χ2v) is 3.38. The van der Waals surface area contributed by atoms with Crippen LogP contribution in [0.1, 0.15) is 18.1 Å². The van der Waals surface area contributed by atoms with Gasteiger partial charge in [0.1, 0.15) is 6.10 Å². The van der Waals surface area contributed by atoms with Gasteiger partial charge in [-0.25, -0.2) is 0 Å². The average Bonchev–Trinajstić information content (AvgIpc) is 2.17. The van der Waals surface area contributed by atoms with E-state index >= 15 is 0 Å². The normalized spacial score (nSPS) is 15.0. The molecule has 1 heterocycles. The summed E-state index contributed by atoms with van der Waals surface area (Å²) in [5.74, 6) is -1.97. The quantitative estimate of drug-likeness (QED) is 0.615. The van der Waals surface area contributed by atoms with E-state index < -0.39 is 24.1 Å². The van der Waals surface area contributed by atoms with E-state index in [4.69, 9.17) is 11.6 Å². The zero-order valence-electron chi connectivity index (χ0n) is 7.70. The van der Waals surface area contributed by atoms with Crippen LogP contribution in [0.4, 0.5) is 8.78 Å². The highest BCUT2D eigenvalue weighted by Crippen LogP contribution is 2.21. The van der Waals surface area contributed by atoms with Gasteiger partial charge in [-0.1, -0.05) is 0 Å². The first kappa shape index (κ1) is 12.3. The molecule has 0 aliphatic carbocycles. The van der Waals surface area contributed by atoms with Crippen LogP contribution >= 0.6 is 11.6 Å². The van der Waals surface area contributed by atoms with Gasteiger partial charge in [-0.2, -0.15) is 13.8 Å². The molecule has 15 heavy (non-hydrogen) atoms. The number of rotatable bonds is 4. The van der Waals surface area contributed by atoms with Crippen molar-refractivity contribution in [2.75, 3.05) is 5.88 Å². The fourth-order valence-corrected chi connectivity index (χ4v) is 1.34. The van der Waals surface area contributed by atoms with Gasteiger partial charge in [-0.3, -0.25) is 0 Å². The number of nitrogens with zero attached hydrogens (tertiary/aromatic N) is 1. The third-order valence-electron chi connectivity index (χ3n) is 1.93. The second kappa shape index (κ2) is 5.34. The molecule has 0 bridgehead atoms. The lowest BCUT2D eigenvalue weighted by atomic mass is 10.0. The summed E-state index contributed by atoms with van der Waals surface area (Å²) in [4.78, 5) is 2.90. The molecule has 1 rings (SSSR count). The van der Waals surface area contributed by atoms with Gasteiger partial charge in [0.05, 0.1) is 6.10 Å². The predicted molar refractivity (Wildman–Crippen MR) is 50.5 cm³/mol. The Labute approximate surface area is 90.3 Å². The third kappa shape index (κ3) is 3.09. The summed E-state index contributed by atoms with van der Waals surface area (Å²) in [5, 5.41) is 18.8. The van der Waals surface area contributed by atoms with Crippen molar-refractivity contribution in [2.45, 2.75) is 18.6 Å². The molecule has 3 nitrogen and oxygen atoms in total. The van der Waals surface area contributed by atoms with E-state index in [1.807, 2.05) is 0 Å². The Morgan fingerprint density at radius 1 is 1.33 bits per heavy atom. The highest BCUT2D eigenvalue weighted by molar-refractivity contribution is 6.17. The number of halogens is 3. The molecule has 0 aliphatic heterocycles. The van der Waals surface area contributed by atoms with Crippen molar-refractivity contribution in [3.05, 3.63) is 29.6 Å². The SMILES string of the molecule is OC(CCCl)C(O)c1ccc(F)nc1F. The fourth-order valence-electron chi connectivity index (χ4n) is 1.12. The molecule has 84 valence electrons. The first-order valence-electron chi connectivity index (χ1n) is 4.30. The summed E-state index contributed by atoms with van der Waals surface area (Å²) in [6, 6.07) is 1.95. The highest BCUT2D eigenvalue weighted by atomic mass is 35.5. The van der Waals surface area contributed by atoms with Gasteiger partial charge in [-0.15, -0.1) is 11.6 Å². The molecule has 0 radical (unpaired) electrons. The number of aromatic nitrogens is 1. The summed E-state index contributed by atoms with van der Waals surface area (Å²) in [5.41, 5.74) is -0.242. The molecule has 0 aliphatic rings. The van der Waals surface area contributed by atoms with Crippen molar-refractivity contribution in [1.29, 1.82) is 0 Å². The minimum absolute atomic E-state index is 0.111. The van der Waals surface area contributed by atoms with Crippen molar-refractivity contribution >= 4 is 11.6 Å². The molecule has 2 N–H and O–H groups in total. The molecule has 2 unspecified atom stereocenters. The predicted octanol–water partition coefficient (Wildman–Crippen LogP) is 1.38. The van der Waals surface area contributed by atoms with E-state index in [9.17, 15) is 19.0 Å². The first-order chi connectivity index (χ1) is 7.06. The van der Waals surface area contributed by atoms with Crippen LogP contribution in [-0.2, 0) is 0 Å². The van der Waals surface area contributed by atoms with E-state index in [1.165, 1.54) is 0 Å².